The zero-order valence-corrected chi connectivity index (χ0v) is 7.03. The van der Waals surface area contributed by atoms with Gasteiger partial charge in [0, 0.05) is 0 Å². The van der Waals surface area contributed by atoms with Crippen LogP contribution < -0.4 is 0 Å². The zero-order valence-electron chi connectivity index (χ0n) is 7.03. The molecule has 0 saturated heterocycles. The lowest BCUT2D eigenvalue weighted by Crippen LogP contribution is -2.04. The molecule has 0 aliphatic carbocycles. The molecule has 0 amide bonds. The van der Waals surface area contributed by atoms with Gasteiger partial charge in [0.1, 0.15) is 13.0 Å². The van der Waals surface area contributed by atoms with Gasteiger partial charge in [-0.2, -0.15) is 0 Å². The molecule has 0 bridgehead atoms. The van der Waals surface area contributed by atoms with Crippen molar-refractivity contribution in [2.45, 2.75) is 13.0 Å². The molecule has 67 valence electrons. The van der Waals surface area contributed by atoms with Crippen molar-refractivity contribution in [2.24, 2.45) is 0 Å². The Morgan fingerprint density at radius 1 is 1.31 bits per heavy atom. The van der Waals surface area contributed by atoms with Crippen LogP contribution in [0.4, 0.5) is 0 Å². The lowest BCUT2D eigenvalue weighted by Gasteiger charge is -2.01. The minimum atomic E-state index is -0.543. The highest BCUT2D eigenvalue weighted by Gasteiger charge is 2.01. The van der Waals surface area contributed by atoms with Gasteiger partial charge in [-0.3, -0.25) is 9.59 Å². The van der Waals surface area contributed by atoms with Crippen LogP contribution in [0.3, 0.4) is 0 Å². The predicted molar refractivity (Wildman–Crippen MR) is 46.5 cm³/mol. The highest BCUT2D eigenvalue weighted by Crippen LogP contribution is 2.00. The zero-order chi connectivity index (χ0) is 9.52. The maximum Gasteiger partial charge on any atom is 0.314 e. The third kappa shape index (κ3) is 3.51. The van der Waals surface area contributed by atoms with E-state index in [9.17, 15) is 9.59 Å². The number of ether oxygens (including phenoxy) is 1. The van der Waals surface area contributed by atoms with Crippen LogP contribution in [0.5, 0.6) is 0 Å². The largest absolute Gasteiger partial charge is 0.460 e. The first-order valence-electron chi connectivity index (χ1n) is 3.87. The summed E-state index contributed by atoms with van der Waals surface area (Å²) in [5.41, 5.74) is 0.904. The summed E-state index contributed by atoms with van der Waals surface area (Å²) in [5, 5.41) is 0. The minimum Gasteiger partial charge on any atom is -0.460 e. The van der Waals surface area contributed by atoms with Crippen molar-refractivity contribution >= 4 is 12.3 Å². The topological polar surface area (TPSA) is 43.4 Å². The molecule has 1 aromatic carbocycles. The van der Waals surface area contributed by atoms with E-state index in [1.807, 2.05) is 30.3 Å². The molecule has 0 aliphatic rings. The van der Waals surface area contributed by atoms with Crippen LogP contribution in [0, 0.1) is 0 Å². The smallest absolute Gasteiger partial charge is 0.314 e. The molecule has 0 heterocycles. The Morgan fingerprint density at radius 3 is 2.62 bits per heavy atom. The summed E-state index contributed by atoms with van der Waals surface area (Å²) in [6.45, 7) is 0.210. The molecule has 3 heteroatoms. The van der Waals surface area contributed by atoms with Gasteiger partial charge in [0.05, 0.1) is 0 Å². The van der Waals surface area contributed by atoms with Gasteiger partial charge in [0.15, 0.2) is 0 Å². The molecule has 0 unspecified atom stereocenters. The lowest BCUT2D eigenvalue weighted by atomic mass is 10.2. The molecule has 13 heavy (non-hydrogen) atoms. The molecule has 1 aromatic rings. The van der Waals surface area contributed by atoms with Crippen molar-refractivity contribution < 1.29 is 14.3 Å². The molecule has 0 aromatic heterocycles. The molecule has 1 radical (unpaired) electrons. The van der Waals surface area contributed by atoms with Gasteiger partial charge in [-0.05, 0) is 5.56 Å². The molecule has 0 fully saturated rings. The van der Waals surface area contributed by atoms with Crippen LogP contribution in [0.25, 0.3) is 0 Å². The SMILES string of the molecule is O=[C]CC(=O)OCc1ccccc1. The second kappa shape index (κ2) is 5.09. The summed E-state index contributed by atoms with van der Waals surface area (Å²) in [5.74, 6) is -0.543. The summed E-state index contributed by atoms with van der Waals surface area (Å²) in [4.78, 5) is 20.5. The van der Waals surface area contributed by atoms with Crippen molar-refractivity contribution in [1.29, 1.82) is 0 Å². The Balaban J connectivity index is 2.35. The third-order valence-electron chi connectivity index (χ3n) is 1.46. The van der Waals surface area contributed by atoms with Gasteiger partial charge >= 0.3 is 5.97 Å². The maximum absolute atomic E-state index is 10.7. The van der Waals surface area contributed by atoms with E-state index in [4.69, 9.17) is 4.74 Å². The molecule has 3 nitrogen and oxygen atoms in total. The fourth-order valence-electron chi connectivity index (χ4n) is 0.848. The number of hydrogen-bond acceptors (Lipinski definition) is 3. The van der Waals surface area contributed by atoms with Crippen molar-refractivity contribution in [2.75, 3.05) is 0 Å². The quantitative estimate of drug-likeness (QED) is 0.513. The van der Waals surface area contributed by atoms with Crippen molar-refractivity contribution in [3.63, 3.8) is 0 Å². The molecule has 0 aliphatic heterocycles. The van der Waals surface area contributed by atoms with E-state index < -0.39 is 5.97 Å². The predicted octanol–water partition coefficient (Wildman–Crippen LogP) is 1.23. The summed E-state index contributed by atoms with van der Waals surface area (Å²) in [6, 6.07) is 9.28. The van der Waals surface area contributed by atoms with Gasteiger partial charge in [0.25, 0.3) is 0 Å². The summed E-state index contributed by atoms with van der Waals surface area (Å²) >= 11 is 0. The second-order valence-electron chi connectivity index (χ2n) is 2.47. The van der Waals surface area contributed by atoms with Crippen molar-refractivity contribution in [3.8, 4) is 0 Å². The Kier molecular flexibility index (Phi) is 3.70. The van der Waals surface area contributed by atoms with Crippen LogP contribution in [-0.4, -0.2) is 12.3 Å². The minimum absolute atomic E-state index is 0.210. The molecule has 0 saturated carbocycles. The first-order valence-corrected chi connectivity index (χ1v) is 3.87. The molecule has 1 rings (SSSR count). The number of carbonyl (C=O) groups excluding carboxylic acids is 2. The Bertz CT molecular complexity index is 279. The molecular formula is C10H9O3. The number of benzene rings is 1. The summed E-state index contributed by atoms with van der Waals surface area (Å²) in [6.07, 6.45) is 1.18. The normalized spacial score (nSPS) is 9.23. The van der Waals surface area contributed by atoms with Crippen LogP contribution in [0.2, 0.25) is 0 Å². The van der Waals surface area contributed by atoms with Crippen LogP contribution in [0.1, 0.15) is 12.0 Å². The number of rotatable bonds is 4. The highest BCUT2D eigenvalue weighted by atomic mass is 16.5. The molecule has 0 atom stereocenters. The number of hydrogen-bond donors (Lipinski definition) is 0. The lowest BCUT2D eigenvalue weighted by molar-refractivity contribution is -0.143. The van der Waals surface area contributed by atoms with Gasteiger partial charge in [-0.1, -0.05) is 30.3 Å². The second-order valence-corrected chi connectivity index (χ2v) is 2.47. The molecule has 0 N–H and O–H groups in total. The summed E-state index contributed by atoms with van der Waals surface area (Å²) in [7, 11) is 0. The standard InChI is InChI=1S/C10H9O3/c11-7-6-10(12)13-8-9-4-2-1-3-5-9/h1-5H,6,8H2. The first kappa shape index (κ1) is 9.45. The van der Waals surface area contributed by atoms with E-state index in [0.717, 1.165) is 5.56 Å². The maximum atomic E-state index is 10.7. The average molecular weight is 177 g/mol. The van der Waals surface area contributed by atoms with Crippen LogP contribution >= 0.6 is 0 Å². The van der Waals surface area contributed by atoms with E-state index in [1.54, 1.807) is 0 Å². The van der Waals surface area contributed by atoms with Gasteiger partial charge in [-0.25, -0.2) is 0 Å². The number of esters is 1. The van der Waals surface area contributed by atoms with E-state index in [1.165, 1.54) is 6.29 Å². The van der Waals surface area contributed by atoms with Crippen LogP contribution in [-0.2, 0) is 20.9 Å². The summed E-state index contributed by atoms with van der Waals surface area (Å²) < 4.78 is 4.77. The fourth-order valence-corrected chi connectivity index (χ4v) is 0.848. The monoisotopic (exact) mass is 177 g/mol. The van der Waals surface area contributed by atoms with Crippen LogP contribution in [0.15, 0.2) is 30.3 Å². The Morgan fingerprint density at radius 2 is 2.00 bits per heavy atom. The highest BCUT2D eigenvalue weighted by molar-refractivity contribution is 5.83. The van der Waals surface area contributed by atoms with Crippen molar-refractivity contribution in [1.82, 2.24) is 0 Å². The third-order valence-corrected chi connectivity index (χ3v) is 1.46. The Labute approximate surface area is 76.3 Å². The van der Waals surface area contributed by atoms with Gasteiger partial charge in [-0.15, -0.1) is 0 Å². The Hall–Kier alpha value is -1.64. The van der Waals surface area contributed by atoms with E-state index in [0.29, 0.717) is 0 Å². The fraction of sp³-hybridized carbons (Fsp3) is 0.200. The first-order chi connectivity index (χ1) is 6.33. The molecule has 0 spiro atoms. The average Bonchev–Trinajstić information content (AvgIpc) is 2.17. The number of carbonyl (C=O) groups is 1. The van der Waals surface area contributed by atoms with E-state index in [2.05, 4.69) is 0 Å². The van der Waals surface area contributed by atoms with Gasteiger partial charge < -0.3 is 4.74 Å². The van der Waals surface area contributed by atoms with E-state index >= 15 is 0 Å². The van der Waals surface area contributed by atoms with Crippen molar-refractivity contribution in [3.05, 3.63) is 35.9 Å². The molecular weight excluding hydrogens is 168 g/mol. The van der Waals surface area contributed by atoms with E-state index in [-0.39, 0.29) is 13.0 Å². The van der Waals surface area contributed by atoms with Gasteiger partial charge in [0.2, 0.25) is 6.29 Å².